The number of hydrogen-bond acceptors (Lipinski definition) is 8. The molecule has 0 spiro atoms. The average Bonchev–Trinajstić information content (AvgIpc) is 2.96. The summed E-state index contributed by atoms with van der Waals surface area (Å²) in [6.45, 7) is 3.30. The minimum atomic E-state index is 0.525. The maximum atomic E-state index is 5.16. The number of rotatable bonds is 3. The molecule has 0 amide bonds. The van der Waals surface area contributed by atoms with E-state index < -0.39 is 0 Å². The summed E-state index contributed by atoms with van der Waals surface area (Å²) >= 11 is 3.52. The number of piperazine rings is 1. The summed E-state index contributed by atoms with van der Waals surface area (Å²) in [5.41, 5.74) is 0.818. The summed E-state index contributed by atoms with van der Waals surface area (Å²) in [5, 5.41) is 5.33. The molecule has 0 atom stereocenters. The molecule has 130 valence electrons. The Morgan fingerprint density at radius 1 is 1.08 bits per heavy atom. The molecule has 0 N–H and O–H groups in total. The molecule has 1 fully saturated rings. The smallest absolute Gasteiger partial charge is 0.233 e. The van der Waals surface area contributed by atoms with E-state index in [-0.39, 0.29) is 0 Å². The molecule has 4 rings (SSSR count). The van der Waals surface area contributed by atoms with Crippen LogP contribution in [-0.4, -0.2) is 63.0 Å². The van der Waals surface area contributed by atoms with Gasteiger partial charge in [-0.1, -0.05) is 0 Å². The first-order valence-electron chi connectivity index (χ1n) is 7.86. The van der Waals surface area contributed by atoms with Gasteiger partial charge in [0.1, 0.15) is 16.7 Å². The lowest BCUT2D eigenvalue weighted by Gasteiger charge is -2.36. The lowest BCUT2D eigenvalue weighted by molar-refractivity contribution is 0.395. The monoisotopic (exact) mass is 404 g/mol. The maximum absolute atomic E-state index is 5.16. The van der Waals surface area contributed by atoms with Gasteiger partial charge < -0.3 is 14.5 Å². The highest BCUT2D eigenvalue weighted by Gasteiger charge is 2.23. The fourth-order valence-electron chi connectivity index (χ4n) is 3.00. The number of aromatic nitrogens is 6. The maximum Gasteiger partial charge on any atom is 0.233 e. The number of halogens is 1. The summed E-state index contributed by atoms with van der Waals surface area (Å²) in [6.07, 6.45) is 4.96. The van der Waals surface area contributed by atoms with Crippen LogP contribution in [0.4, 0.5) is 11.6 Å². The molecule has 3 aromatic rings. The van der Waals surface area contributed by atoms with Crippen LogP contribution in [0, 0.1) is 0 Å². The molecule has 0 aliphatic carbocycles. The van der Waals surface area contributed by atoms with Crippen LogP contribution in [0.1, 0.15) is 0 Å². The summed E-state index contributed by atoms with van der Waals surface area (Å²) in [7, 11) is 3.47. The van der Waals surface area contributed by atoms with Crippen LogP contribution in [0.15, 0.2) is 23.3 Å². The first-order valence-corrected chi connectivity index (χ1v) is 8.66. The van der Waals surface area contributed by atoms with Crippen LogP contribution >= 0.6 is 15.9 Å². The molecule has 1 aliphatic heterocycles. The summed E-state index contributed by atoms with van der Waals surface area (Å²) < 4.78 is 7.68. The minimum Gasteiger partial charge on any atom is -0.480 e. The van der Waals surface area contributed by atoms with Crippen molar-refractivity contribution in [1.82, 2.24) is 29.7 Å². The van der Waals surface area contributed by atoms with Crippen molar-refractivity contribution in [3.63, 3.8) is 0 Å². The van der Waals surface area contributed by atoms with Gasteiger partial charge in [-0.3, -0.25) is 4.98 Å². The second kappa shape index (κ2) is 6.43. The second-order valence-electron chi connectivity index (χ2n) is 5.70. The van der Waals surface area contributed by atoms with Gasteiger partial charge in [0.2, 0.25) is 5.88 Å². The number of fused-ring (bicyclic) bond motifs is 1. The quantitative estimate of drug-likeness (QED) is 0.644. The zero-order chi connectivity index (χ0) is 17.4. The predicted molar refractivity (Wildman–Crippen MR) is 97.0 cm³/mol. The van der Waals surface area contributed by atoms with E-state index in [1.54, 1.807) is 30.5 Å². The molecule has 0 aromatic carbocycles. The minimum absolute atomic E-state index is 0.525. The van der Waals surface area contributed by atoms with Gasteiger partial charge in [0.25, 0.3) is 0 Å². The molecule has 4 heterocycles. The summed E-state index contributed by atoms with van der Waals surface area (Å²) in [5.74, 6) is 2.26. The van der Waals surface area contributed by atoms with Gasteiger partial charge in [-0.15, -0.1) is 0 Å². The van der Waals surface area contributed by atoms with Crippen molar-refractivity contribution in [1.29, 1.82) is 0 Å². The highest BCUT2D eigenvalue weighted by molar-refractivity contribution is 9.10. The Hall–Kier alpha value is -2.49. The first kappa shape index (κ1) is 16.0. The van der Waals surface area contributed by atoms with E-state index in [2.05, 4.69) is 50.8 Å². The van der Waals surface area contributed by atoms with Gasteiger partial charge in [0.15, 0.2) is 11.5 Å². The number of methoxy groups -OCH3 is 1. The van der Waals surface area contributed by atoms with Crippen molar-refractivity contribution in [3.8, 4) is 5.88 Å². The molecule has 0 bridgehead atoms. The molecular weight excluding hydrogens is 388 g/mol. The predicted octanol–water partition coefficient (Wildman–Crippen LogP) is 1.25. The van der Waals surface area contributed by atoms with Gasteiger partial charge in [-0.2, -0.15) is 10.1 Å². The van der Waals surface area contributed by atoms with Crippen LogP contribution in [0.3, 0.4) is 0 Å². The van der Waals surface area contributed by atoms with Crippen molar-refractivity contribution >= 4 is 38.6 Å². The van der Waals surface area contributed by atoms with Gasteiger partial charge in [0.05, 0.1) is 24.9 Å². The Kier molecular flexibility index (Phi) is 4.12. The molecule has 10 heteroatoms. The van der Waals surface area contributed by atoms with Gasteiger partial charge in [0, 0.05) is 33.2 Å². The molecule has 9 nitrogen and oxygen atoms in total. The number of anilines is 2. The highest BCUT2D eigenvalue weighted by atomic mass is 79.9. The van der Waals surface area contributed by atoms with Crippen molar-refractivity contribution in [2.75, 3.05) is 43.1 Å². The zero-order valence-corrected chi connectivity index (χ0v) is 15.5. The molecule has 25 heavy (non-hydrogen) atoms. The normalized spacial score (nSPS) is 15.0. The van der Waals surface area contributed by atoms with Crippen LogP contribution in [-0.2, 0) is 7.05 Å². The van der Waals surface area contributed by atoms with Crippen molar-refractivity contribution < 1.29 is 4.74 Å². The first-order chi connectivity index (χ1) is 12.2. The zero-order valence-electron chi connectivity index (χ0n) is 13.9. The third kappa shape index (κ3) is 2.86. The molecule has 1 aliphatic rings. The van der Waals surface area contributed by atoms with Crippen molar-refractivity contribution in [3.05, 3.63) is 23.3 Å². The van der Waals surface area contributed by atoms with E-state index in [0.29, 0.717) is 5.88 Å². The van der Waals surface area contributed by atoms with E-state index in [1.165, 1.54) is 0 Å². The van der Waals surface area contributed by atoms with Crippen LogP contribution in [0.5, 0.6) is 5.88 Å². The Morgan fingerprint density at radius 2 is 1.84 bits per heavy atom. The second-order valence-corrected chi connectivity index (χ2v) is 6.46. The molecule has 1 saturated heterocycles. The molecule has 0 unspecified atom stereocenters. The SMILES string of the molecule is COc1cncc(N2CCN(c3ncnc4c3c(Br)nn4C)CC2)n1. The average molecular weight is 405 g/mol. The van der Waals surface area contributed by atoms with Crippen molar-refractivity contribution in [2.45, 2.75) is 0 Å². The topological polar surface area (TPSA) is 85.1 Å². The van der Waals surface area contributed by atoms with Gasteiger partial charge in [-0.25, -0.2) is 14.6 Å². The third-order valence-electron chi connectivity index (χ3n) is 4.27. The Bertz CT molecular complexity index is 906. The van der Waals surface area contributed by atoms with E-state index in [1.807, 2.05) is 7.05 Å². The van der Waals surface area contributed by atoms with Crippen LogP contribution in [0.2, 0.25) is 0 Å². The van der Waals surface area contributed by atoms with Crippen molar-refractivity contribution in [2.24, 2.45) is 7.05 Å². The van der Waals surface area contributed by atoms with E-state index in [9.17, 15) is 0 Å². The molecule has 0 radical (unpaired) electrons. The van der Waals surface area contributed by atoms with Crippen LogP contribution < -0.4 is 14.5 Å². The fraction of sp³-hybridized carbons (Fsp3) is 0.400. The number of aryl methyl sites for hydroxylation is 1. The highest BCUT2D eigenvalue weighted by Crippen LogP contribution is 2.30. The summed E-state index contributed by atoms with van der Waals surface area (Å²) in [6, 6.07) is 0. The molecule has 3 aromatic heterocycles. The Balaban J connectivity index is 1.56. The van der Waals surface area contributed by atoms with E-state index in [0.717, 1.165) is 53.5 Å². The Labute approximate surface area is 152 Å². The standard InChI is InChI=1S/C15H17BrN8O/c1-22-14-12(13(16)21-22)15(19-9-18-14)24-5-3-23(4-6-24)10-7-17-8-11(20-10)25-2/h7-9H,3-6H2,1-2H3. The number of ether oxygens (including phenoxy) is 1. The van der Waals surface area contributed by atoms with Crippen LogP contribution in [0.25, 0.3) is 11.0 Å². The van der Waals surface area contributed by atoms with E-state index >= 15 is 0 Å². The number of hydrogen-bond donors (Lipinski definition) is 0. The van der Waals surface area contributed by atoms with Gasteiger partial charge in [-0.05, 0) is 15.9 Å². The lowest BCUT2D eigenvalue weighted by Crippen LogP contribution is -2.47. The molecular formula is C15H17BrN8O. The summed E-state index contributed by atoms with van der Waals surface area (Å²) in [4.78, 5) is 21.9. The number of nitrogens with zero attached hydrogens (tertiary/aromatic N) is 8. The Morgan fingerprint density at radius 3 is 2.60 bits per heavy atom. The fourth-order valence-corrected chi connectivity index (χ4v) is 3.59. The van der Waals surface area contributed by atoms with Gasteiger partial charge >= 0.3 is 0 Å². The third-order valence-corrected chi connectivity index (χ3v) is 4.83. The largest absolute Gasteiger partial charge is 0.480 e. The lowest BCUT2D eigenvalue weighted by atomic mass is 10.3. The molecule has 0 saturated carbocycles. The van der Waals surface area contributed by atoms with E-state index in [4.69, 9.17) is 4.74 Å².